The number of hydrogen-bond donors (Lipinski definition) is 0. The van der Waals surface area contributed by atoms with Crippen LogP contribution in [-0.4, -0.2) is 9.78 Å². The molecule has 3 nitrogen and oxygen atoms in total. The molecule has 23 heavy (non-hydrogen) atoms. The summed E-state index contributed by atoms with van der Waals surface area (Å²) in [7, 11) is 0. The van der Waals surface area contributed by atoms with Crippen molar-refractivity contribution >= 4 is 6.08 Å². The summed E-state index contributed by atoms with van der Waals surface area (Å²) in [4.78, 5) is 0. The highest BCUT2D eigenvalue weighted by atomic mass is 16.5. The Balaban J connectivity index is 1.81. The van der Waals surface area contributed by atoms with Crippen LogP contribution in [0.4, 0.5) is 0 Å². The predicted molar refractivity (Wildman–Crippen MR) is 94.7 cm³/mol. The van der Waals surface area contributed by atoms with E-state index in [1.54, 1.807) is 0 Å². The van der Waals surface area contributed by atoms with Gasteiger partial charge in [0.1, 0.15) is 18.1 Å². The van der Waals surface area contributed by atoms with E-state index in [1.165, 1.54) is 36.8 Å². The highest BCUT2D eigenvalue weighted by Crippen LogP contribution is 2.32. The summed E-state index contributed by atoms with van der Waals surface area (Å²) in [5.41, 5.74) is 4.61. The zero-order valence-corrected chi connectivity index (χ0v) is 14.2. The van der Waals surface area contributed by atoms with Crippen molar-refractivity contribution in [1.29, 1.82) is 0 Å². The Morgan fingerprint density at radius 2 is 2.04 bits per heavy atom. The first-order chi connectivity index (χ1) is 11.2. The Hall–Kier alpha value is -2.03. The van der Waals surface area contributed by atoms with Gasteiger partial charge in [-0.15, -0.1) is 0 Å². The zero-order chi connectivity index (χ0) is 16.2. The minimum atomic E-state index is 0.517. The molecular formula is C20H26N2O. The summed E-state index contributed by atoms with van der Waals surface area (Å²) in [6, 6.07) is 8.76. The van der Waals surface area contributed by atoms with Crippen LogP contribution < -0.4 is 4.74 Å². The van der Waals surface area contributed by atoms with Crippen molar-refractivity contribution in [3.8, 4) is 5.75 Å². The lowest BCUT2D eigenvalue weighted by Crippen LogP contribution is -2.09. The van der Waals surface area contributed by atoms with E-state index in [2.05, 4.69) is 37.2 Å². The van der Waals surface area contributed by atoms with Crippen LogP contribution in [0.2, 0.25) is 0 Å². The fourth-order valence-electron chi connectivity index (χ4n) is 3.47. The molecule has 0 atom stereocenters. The van der Waals surface area contributed by atoms with Gasteiger partial charge in [0.25, 0.3) is 0 Å². The third-order valence-electron chi connectivity index (χ3n) is 4.87. The highest BCUT2D eigenvalue weighted by Gasteiger charge is 2.22. The van der Waals surface area contributed by atoms with Crippen molar-refractivity contribution in [3.05, 3.63) is 53.4 Å². The molecule has 2 aromatic rings. The summed E-state index contributed by atoms with van der Waals surface area (Å²) >= 11 is 0. The van der Waals surface area contributed by atoms with Gasteiger partial charge in [-0.2, -0.15) is 5.10 Å². The van der Waals surface area contributed by atoms with E-state index in [-0.39, 0.29) is 0 Å². The van der Waals surface area contributed by atoms with Crippen molar-refractivity contribution in [2.75, 3.05) is 0 Å². The molecule has 3 rings (SSSR count). The van der Waals surface area contributed by atoms with Gasteiger partial charge >= 0.3 is 0 Å². The molecule has 1 aromatic carbocycles. The van der Waals surface area contributed by atoms with Gasteiger partial charge in [-0.05, 0) is 43.9 Å². The molecule has 1 aliphatic rings. The molecule has 122 valence electrons. The van der Waals surface area contributed by atoms with Gasteiger partial charge < -0.3 is 4.74 Å². The molecule has 1 fully saturated rings. The number of nitrogens with zero attached hydrogens (tertiary/aromatic N) is 2. The Bertz CT molecular complexity index is 681. The molecule has 1 aliphatic carbocycles. The molecular weight excluding hydrogens is 284 g/mol. The van der Waals surface area contributed by atoms with Crippen LogP contribution >= 0.6 is 0 Å². The second kappa shape index (κ2) is 7.03. The van der Waals surface area contributed by atoms with Gasteiger partial charge in [0.2, 0.25) is 0 Å². The molecule has 1 saturated carbocycles. The minimum Gasteiger partial charge on any atom is -0.487 e. The first kappa shape index (κ1) is 15.9. The van der Waals surface area contributed by atoms with E-state index in [9.17, 15) is 0 Å². The standard InChI is InChI=1S/C20H26N2O/c1-4-16-10-6-9-13-20(16)23-14-18-15(3)19(5-2)22(21-18)17-11-7-8-12-17/h5-6,9-10,13,17H,2,4,7-8,11-12,14H2,1,3H3. The number of aromatic nitrogens is 2. The van der Waals surface area contributed by atoms with Crippen LogP contribution in [0.1, 0.15) is 61.2 Å². The monoisotopic (exact) mass is 310 g/mol. The minimum absolute atomic E-state index is 0.517. The van der Waals surface area contributed by atoms with Crippen molar-refractivity contribution in [2.45, 2.75) is 58.6 Å². The van der Waals surface area contributed by atoms with Crippen LogP contribution in [0.5, 0.6) is 5.75 Å². The van der Waals surface area contributed by atoms with Crippen molar-refractivity contribution in [1.82, 2.24) is 9.78 Å². The molecule has 0 aliphatic heterocycles. The summed E-state index contributed by atoms with van der Waals surface area (Å²) < 4.78 is 8.24. The lowest BCUT2D eigenvalue weighted by Gasteiger charge is -2.12. The second-order valence-electron chi connectivity index (χ2n) is 6.29. The largest absolute Gasteiger partial charge is 0.487 e. The molecule has 0 bridgehead atoms. The molecule has 0 unspecified atom stereocenters. The van der Waals surface area contributed by atoms with Crippen molar-refractivity contribution in [2.24, 2.45) is 0 Å². The van der Waals surface area contributed by atoms with E-state index in [1.807, 2.05) is 18.2 Å². The van der Waals surface area contributed by atoms with Gasteiger partial charge in [-0.25, -0.2) is 0 Å². The van der Waals surface area contributed by atoms with Gasteiger partial charge in [0, 0.05) is 5.56 Å². The lowest BCUT2D eigenvalue weighted by molar-refractivity contribution is 0.294. The number of hydrogen-bond acceptors (Lipinski definition) is 2. The molecule has 0 radical (unpaired) electrons. The van der Waals surface area contributed by atoms with E-state index in [4.69, 9.17) is 9.84 Å². The molecule has 0 spiro atoms. The molecule has 0 N–H and O–H groups in total. The molecule has 0 amide bonds. The van der Waals surface area contributed by atoms with Gasteiger partial charge in [0.15, 0.2) is 0 Å². The van der Waals surface area contributed by atoms with Gasteiger partial charge in [-0.1, -0.05) is 44.5 Å². The third-order valence-corrected chi connectivity index (χ3v) is 4.87. The lowest BCUT2D eigenvalue weighted by atomic mass is 10.1. The van der Waals surface area contributed by atoms with E-state index in [0.29, 0.717) is 12.6 Å². The van der Waals surface area contributed by atoms with Crippen LogP contribution in [0.25, 0.3) is 6.08 Å². The fraction of sp³-hybridized carbons (Fsp3) is 0.450. The van der Waals surface area contributed by atoms with Crippen LogP contribution in [0.15, 0.2) is 30.8 Å². The Morgan fingerprint density at radius 1 is 1.30 bits per heavy atom. The summed E-state index contributed by atoms with van der Waals surface area (Å²) in [6.07, 6.45) is 7.96. The summed E-state index contributed by atoms with van der Waals surface area (Å²) in [5.74, 6) is 0.963. The quantitative estimate of drug-likeness (QED) is 0.743. The Labute approximate surface area is 139 Å². The molecule has 0 saturated heterocycles. The first-order valence-electron chi connectivity index (χ1n) is 8.65. The van der Waals surface area contributed by atoms with Crippen LogP contribution in [0.3, 0.4) is 0 Å². The number of rotatable bonds is 6. The zero-order valence-electron chi connectivity index (χ0n) is 14.2. The Kier molecular flexibility index (Phi) is 4.85. The van der Waals surface area contributed by atoms with Gasteiger partial charge in [-0.3, -0.25) is 4.68 Å². The maximum Gasteiger partial charge on any atom is 0.132 e. The molecule has 1 aromatic heterocycles. The Morgan fingerprint density at radius 3 is 2.74 bits per heavy atom. The topological polar surface area (TPSA) is 27.1 Å². The summed E-state index contributed by atoms with van der Waals surface area (Å²) in [5, 5.41) is 4.85. The highest BCUT2D eigenvalue weighted by molar-refractivity contribution is 5.49. The molecule has 3 heteroatoms. The van der Waals surface area contributed by atoms with E-state index >= 15 is 0 Å². The van der Waals surface area contributed by atoms with Crippen molar-refractivity contribution < 1.29 is 4.74 Å². The fourth-order valence-corrected chi connectivity index (χ4v) is 3.47. The average molecular weight is 310 g/mol. The van der Waals surface area contributed by atoms with Gasteiger partial charge in [0.05, 0.1) is 11.7 Å². The first-order valence-corrected chi connectivity index (χ1v) is 8.65. The third kappa shape index (κ3) is 3.19. The van der Waals surface area contributed by atoms with E-state index < -0.39 is 0 Å². The second-order valence-corrected chi connectivity index (χ2v) is 6.29. The smallest absolute Gasteiger partial charge is 0.132 e. The average Bonchev–Trinajstić information content (AvgIpc) is 3.21. The van der Waals surface area contributed by atoms with E-state index in [0.717, 1.165) is 23.6 Å². The van der Waals surface area contributed by atoms with Crippen molar-refractivity contribution in [3.63, 3.8) is 0 Å². The predicted octanol–water partition coefficient (Wildman–Crippen LogP) is 5.09. The maximum absolute atomic E-state index is 6.06. The van der Waals surface area contributed by atoms with Crippen LogP contribution in [-0.2, 0) is 13.0 Å². The van der Waals surface area contributed by atoms with Crippen LogP contribution in [0, 0.1) is 6.92 Å². The maximum atomic E-state index is 6.06. The number of para-hydroxylation sites is 1. The number of aryl methyl sites for hydroxylation is 1. The number of benzene rings is 1. The summed E-state index contributed by atoms with van der Waals surface area (Å²) in [6.45, 7) is 8.77. The number of ether oxygens (including phenoxy) is 1. The SMILES string of the molecule is C=Cc1c(C)c(COc2ccccc2CC)nn1C1CCCC1. The molecule has 1 heterocycles. The normalized spacial score (nSPS) is 15.0.